The number of hydrogen-bond donors (Lipinski definition) is 3. The van der Waals surface area contributed by atoms with Gasteiger partial charge in [0.1, 0.15) is 0 Å². The van der Waals surface area contributed by atoms with Crippen molar-refractivity contribution in [2.24, 2.45) is 0 Å². The molecule has 2 aromatic rings. The Morgan fingerprint density at radius 1 is 1.05 bits per heavy atom. The Kier molecular flexibility index (Phi) is 3.74. The van der Waals surface area contributed by atoms with E-state index in [-0.39, 0.29) is 6.04 Å². The third-order valence-electron chi connectivity index (χ3n) is 4.43. The molecule has 0 fully saturated rings. The van der Waals surface area contributed by atoms with Crippen molar-refractivity contribution in [1.29, 1.82) is 0 Å². The molecule has 1 unspecified atom stereocenters. The number of fused-ring (bicyclic) bond motifs is 3. The molecule has 0 saturated heterocycles. The largest absolute Gasteiger partial charge is 0.354 e. The van der Waals surface area contributed by atoms with Crippen LogP contribution in [0.1, 0.15) is 31.4 Å². The van der Waals surface area contributed by atoms with Crippen molar-refractivity contribution in [3.05, 3.63) is 59.7 Å². The molecule has 0 amide bonds. The minimum atomic E-state index is -4.49. The van der Waals surface area contributed by atoms with Gasteiger partial charge in [-0.1, -0.05) is 55.5 Å². The molecule has 3 N–H and O–H groups in total. The van der Waals surface area contributed by atoms with E-state index in [2.05, 4.69) is 5.32 Å². The van der Waals surface area contributed by atoms with E-state index in [9.17, 15) is 14.4 Å². The lowest BCUT2D eigenvalue weighted by atomic mass is 10.0. The fraction of sp³-hybridized carbons (Fsp3) is 0.294. The second-order valence-corrected chi connectivity index (χ2v) is 7.56. The van der Waals surface area contributed by atoms with Gasteiger partial charge in [-0.3, -0.25) is 9.88 Å². The molecule has 0 aromatic heterocycles. The van der Waals surface area contributed by atoms with Crippen LogP contribution in [-0.2, 0) is 9.85 Å². The van der Waals surface area contributed by atoms with Gasteiger partial charge >= 0.3 is 7.60 Å². The van der Waals surface area contributed by atoms with Crippen LogP contribution in [0.3, 0.4) is 0 Å². The zero-order chi connectivity index (χ0) is 16.0. The van der Waals surface area contributed by atoms with E-state index in [1.807, 2.05) is 62.4 Å². The molecular weight excluding hydrogens is 297 g/mol. The first-order valence-electron chi connectivity index (χ1n) is 7.44. The second kappa shape index (κ2) is 5.32. The standard InChI is InChI=1S/C17H20NO3P/c1-3-12(2)18-17(22(19,20)21)15-10-6-4-8-13(15)14-9-5-7-11-16(14)17/h4-12,18H,3H2,1-2H3,(H2,19,20,21). The third-order valence-corrected chi connectivity index (χ3v) is 5.91. The predicted molar refractivity (Wildman–Crippen MR) is 87.6 cm³/mol. The average molecular weight is 317 g/mol. The van der Waals surface area contributed by atoms with E-state index in [4.69, 9.17) is 0 Å². The molecule has 22 heavy (non-hydrogen) atoms. The minimum Gasteiger partial charge on any atom is -0.323 e. The summed E-state index contributed by atoms with van der Waals surface area (Å²) in [7, 11) is -4.49. The lowest BCUT2D eigenvalue weighted by molar-refractivity contribution is 0.307. The van der Waals surface area contributed by atoms with Gasteiger partial charge < -0.3 is 9.79 Å². The van der Waals surface area contributed by atoms with Gasteiger partial charge in [0, 0.05) is 6.04 Å². The molecule has 0 radical (unpaired) electrons. The van der Waals surface area contributed by atoms with Gasteiger partial charge in [0.05, 0.1) is 0 Å². The number of nitrogens with one attached hydrogen (secondary N) is 1. The summed E-state index contributed by atoms with van der Waals surface area (Å²) in [5.41, 5.74) is 3.09. The SMILES string of the molecule is CCC(C)NC1(P(=O)(O)O)c2ccccc2-c2ccccc21. The molecule has 116 valence electrons. The van der Waals surface area contributed by atoms with Crippen molar-refractivity contribution in [3.8, 4) is 11.1 Å². The Balaban J connectivity index is 2.36. The Bertz CT molecular complexity index is 708. The van der Waals surface area contributed by atoms with E-state index < -0.39 is 12.9 Å². The van der Waals surface area contributed by atoms with Crippen molar-refractivity contribution < 1.29 is 14.4 Å². The molecule has 4 nitrogen and oxygen atoms in total. The van der Waals surface area contributed by atoms with Gasteiger partial charge in [0.15, 0.2) is 5.28 Å². The lowest BCUT2D eigenvalue weighted by Gasteiger charge is -2.36. The normalized spacial score (nSPS) is 16.9. The molecular formula is C17H20NO3P. The Morgan fingerprint density at radius 3 is 1.91 bits per heavy atom. The molecule has 1 aliphatic rings. The molecule has 0 aliphatic heterocycles. The Morgan fingerprint density at radius 2 is 1.50 bits per heavy atom. The van der Waals surface area contributed by atoms with Crippen LogP contribution in [-0.4, -0.2) is 15.8 Å². The van der Waals surface area contributed by atoms with E-state index in [0.29, 0.717) is 11.1 Å². The molecule has 0 saturated carbocycles. The van der Waals surface area contributed by atoms with Crippen LogP contribution in [0.25, 0.3) is 11.1 Å². The summed E-state index contributed by atoms with van der Waals surface area (Å²) in [6.07, 6.45) is 0.784. The van der Waals surface area contributed by atoms with Crippen molar-refractivity contribution >= 4 is 7.60 Å². The first-order chi connectivity index (χ1) is 10.4. The second-order valence-electron chi connectivity index (χ2n) is 5.80. The maximum absolute atomic E-state index is 12.6. The van der Waals surface area contributed by atoms with Crippen LogP contribution in [0.4, 0.5) is 0 Å². The molecule has 1 aliphatic carbocycles. The molecule has 3 rings (SSSR count). The van der Waals surface area contributed by atoms with Crippen LogP contribution in [0.2, 0.25) is 0 Å². The van der Waals surface area contributed by atoms with Crippen LogP contribution in [0, 0.1) is 0 Å². The fourth-order valence-corrected chi connectivity index (χ4v) is 4.63. The minimum absolute atomic E-state index is 0.0214. The Hall–Kier alpha value is -1.45. The molecule has 5 heteroatoms. The van der Waals surface area contributed by atoms with E-state index in [1.165, 1.54) is 0 Å². The highest BCUT2D eigenvalue weighted by Crippen LogP contribution is 2.65. The van der Waals surface area contributed by atoms with Crippen molar-refractivity contribution in [2.45, 2.75) is 31.6 Å². The molecule has 0 bridgehead atoms. The summed E-state index contributed by atoms with van der Waals surface area (Å²) in [4.78, 5) is 20.5. The maximum atomic E-state index is 12.6. The fourth-order valence-electron chi connectivity index (χ4n) is 3.22. The molecule has 1 atom stereocenters. The quantitative estimate of drug-likeness (QED) is 0.756. The molecule has 0 heterocycles. The van der Waals surface area contributed by atoms with Gasteiger partial charge in [-0.05, 0) is 35.6 Å². The van der Waals surface area contributed by atoms with Gasteiger partial charge in [-0.15, -0.1) is 0 Å². The van der Waals surface area contributed by atoms with E-state index in [1.54, 1.807) is 0 Å². The zero-order valence-corrected chi connectivity index (χ0v) is 13.5. The maximum Gasteiger partial charge on any atom is 0.354 e. The zero-order valence-electron chi connectivity index (χ0n) is 12.7. The summed E-state index contributed by atoms with van der Waals surface area (Å²) in [5, 5.41) is 1.77. The first kappa shape index (κ1) is 15.4. The topological polar surface area (TPSA) is 69.6 Å². The van der Waals surface area contributed by atoms with Crippen molar-refractivity contribution in [1.82, 2.24) is 5.32 Å². The number of rotatable bonds is 4. The van der Waals surface area contributed by atoms with Gasteiger partial charge in [-0.25, -0.2) is 0 Å². The van der Waals surface area contributed by atoms with E-state index in [0.717, 1.165) is 17.5 Å². The summed E-state index contributed by atoms with van der Waals surface area (Å²) >= 11 is 0. The smallest absolute Gasteiger partial charge is 0.323 e. The lowest BCUT2D eigenvalue weighted by Crippen LogP contribution is -2.46. The summed E-state index contributed by atoms with van der Waals surface area (Å²) in [6, 6.07) is 14.9. The number of benzene rings is 2. The Labute approximate surface area is 130 Å². The average Bonchev–Trinajstić information content (AvgIpc) is 2.79. The van der Waals surface area contributed by atoms with Crippen molar-refractivity contribution in [2.75, 3.05) is 0 Å². The summed E-state index contributed by atoms with van der Waals surface area (Å²) in [5.74, 6) is 0. The van der Waals surface area contributed by atoms with Crippen LogP contribution in [0.15, 0.2) is 48.5 Å². The number of hydrogen-bond acceptors (Lipinski definition) is 2. The third kappa shape index (κ3) is 2.07. The monoisotopic (exact) mass is 317 g/mol. The van der Waals surface area contributed by atoms with Crippen LogP contribution in [0.5, 0.6) is 0 Å². The van der Waals surface area contributed by atoms with Gasteiger partial charge in [0.25, 0.3) is 0 Å². The highest BCUT2D eigenvalue weighted by Gasteiger charge is 2.55. The van der Waals surface area contributed by atoms with Gasteiger partial charge in [-0.2, -0.15) is 0 Å². The highest BCUT2D eigenvalue weighted by molar-refractivity contribution is 7.53. The predicted octanol–water partition coefficient (Wildman–Crippen LogP) is 3.43. The van der Waals surface area contributed by atoms with Gasteiger partial charge in [0.2, 0.25) is 0 Å². The van der Waals surface area contributed by atoms with Crippen molar-refractivity contribution in [3.63, 3.8) is 0 Å². The highest BCUT2D eigenvalue weighted by atomic mass is 31.2. The molecule has 2 aromatic carbocycles. The first-order valence-corrected chi connectivity index (χ1v) is 9.05. The van der Waals surface area contributed by atoms with Crippen LogP contribution >= 0.6 is 7.60 Å². The summed E-state index contributed by atoms with van der Waals surface area (Å²) < 4.78 is 12.6. The van der Waals surface area contributed by atoms with Crippen LogP contribution < -0.4 is 5.32 Å². The summed E-state index contributed by atoms with van der Waals surface area (Å²) in [6.45, 7) is 3.94. The molecule has 0 spiro atoms. The van der Waals surface area contributed by atoms with E-state index >= 15 is 0 Å².